The molecular weight excluding hydrogens is 260 g/mol. The van der Waals surface area contributed by atoms with E-state index in [9.17, 15) is 14.4 Å². The maximum atomic E-state index is 12.2. The van der Waals surface area contributed by atoms with Gasteiger partial charge in [-0.25, -0.2) is 0 Å². The number of carbonyl (C=O) groups excluding carboxylic acids is 3. The normalized spacial score (nSPS) is 23.6. The van der Waals surface area contributed by atoms with Gasteiger partial charge in [-0.05, 0) is 12.8 Å². The molecule has 3 amide bonds. The molecule has 0 bridgehead atoms. The van der Waals surface area contributed by atoms with Crippen LogP contribution in [0.5, 0.6) is 0 Å². The molecule has 0 aromatic carbocycles. The number of hydrogen-bond donors (Lipinski definition) is 2. The average molecular weight is 282 g/mol. The zero-order valence-electron chi connectivity index (χ0n) is 11.9. The van der Waals surface area contributed by atoms with Gasteiger partial charge >= 0.3 is 0 Å². The van der Waals surface area contributed by atoms with Gasteiger partial charge in [0.2, 0.25) is 17.7 Å². The molecule has 20 heavy (non-hydrogen) atoms. The van der Waals surface area contributed by atoms with Gasteiger partial charge in [0.1, 0.15) is 0 Å². The van der Waals surface area contributed by atoms with E-state index in [-0.39, 0.29) is 30.2 Å². The molecule has 2 fully saturated rings. The molecule has 0 spiro atoms. The van der Waals surface area contributed by atoms with Crippen LogP contribution in [0.4, 0.5) is 0 Å². The zero-order chi connectivity index (χ0) is 14.5. The van der Waals surface area contributed by atoms with E-state index in [1.54, 1.807) is 16.8 Å². The lowest BCUT2D eigenvalue weighted by Crippen LogP contribution is -2.53. The van der Waals surface area contributed by atoms with E-state index in [2.05, 4.69) is 10.6 Å². The van der Waals surface area contributed by atoms with Crippen molar-refractivity contribution in [1.29, 1.82) is 0 Å². The Balaban J connectivity index is 1.88. The fourth-order valence-corrected chi connectivity index (χ4v) is 2.70. The lowest BCUT2D eigenvalue weighted by molar-refractivity contribution is -0.143. The average Bonchev–Trinajstić information content (AvgIpc) is 2.49. The number of nitrogens with zero attached hydrogens (tertiary/aromatic N) is 2. The summed E-state index contributed by atoms with van der Waals surface area (Å²) in [6, 6.07) is 0. The van der Waals surface area contributed by atoms with Crippen molar-refractivity contribution in [3.05, 3.63) is 0 Å². The zero-order valence-corrected chi connectivity index (χ0v) is 11.9. The smallest absolute Gasteiger partial charge is 0.242 e. The standard InChI is InChI=1S/C13H22N4O3/c1-14-13(20)10-3-2-5-16(8-10)12(19)9-17-6-4-15-7-11(17)18/h10,15H,2-9H2,1H3,(H,14,20). The summed E-state index contributed by atoms with van der Waals surface area (Å²) in [6.45, 7) is 2.84. The number of rotatable bonds is 3. The van der Waals surface area contributed by atoms with E-state index in [1.165, 1.54) is 0 Å². The van der Waals surface area contributed by atoms with Gasteiger partial charge in [0.25, 0.3) is 0 Å². The maximum Gasteiger partial charge on any atom is 0.242 e. The Hall–Kier alpha value is -1.63. The topological polar surface area (TPSA) is 81.8 Å². The van der Waals surface area contributed by atoms with Crippen LogP contribution in [-0.2, 0) is 14.4 Å². The SMILES string of the molecule is CNC(=O)C1CCCN(C(=O)CN2CCNCC2=O)C1. The van der Waals surface area contributed by atoms with E-state index in [4.69, 9.17) is 0 Å². The van der Waals surface area contributed by atoms with Crippen molar-refractivity contribution in [2.24, 2.45) is 5.92 Å². The summed E-state index contributed by atoms with van der Waals surface area (Å²) in [5.74, 6) is -0.240. The Morgan fingerprint density at radius 3 is 2.90 bits per heavy atom. The van der Waals surface area contributed by atoms with Gasteiger partial charge in [-0.1, -0.05) is 0 Å². The Kier molecular flexibility index (Phi) is 4.94. The second-order valence-electron chi connectivity index (χ2n) is 5.29. The van der Waals surface area contributed by atoms with Gasteiger partial charge in [0.15, 0.2) is 0 Å². The first-order valence-electron chi connectivity index (χ1n) is 7.09. The van der Waals surface area contributed by atoms with E-state index in [1.807, 2.05) is 0 Å². The van der Waals surface area contributed by atoms with Crippen LogP contribution in [0, 0.1) is 5.92 Å². The van der Waals surface area contributed by atoms with Crippen molar-refractivity contribution in [2.45, 2.75) is 12.8 Å². The number of amides is 3. The van der Waals surface area contributed by atoms with Crippen LogP contribution in [0.25, 0.3) is 0 Å². The number of likely N-dealkylation sites (tertiary alicyclic amines) is 1. The highest BCUT2D eigenvalue weighted by Crippen LogP contribution is 2.17. The number of carbonyl (C=O) groups is 3. The van der Waals surface area contributed by atoms with Crippen molar-refractivity contribution in [3.63, 3.8) is 0 Å². The minimum Gasteiger partial charge on any atom is -0.359 e. The Labute approximate surface area is 118 Å². The van der Waals surface area contributed by atoms with Gasteiger partial charge in [-0.15, -0.1) is 0 Å². The lowest BCUT2D eigenvalue weighted by Gasteiger charge is -2.34. The minimum absolute atomic E-state index is 0.0132. The monoisotopic (exact) mass is 282 g/mol. The predicted octanol–water partition coefficient (Wildman–Crippen LogP) is -1.60. The summed E-state index contributed by atoms with van der Waals surface area (Å²) in [6.07, 6.45) is 1.65. The van der Waals surface area contributed by atoms with E-state index in [0.29, 0.717) is 26.2 Å². The molecule has 0 aliphatic carbocycles. The molecule has 2 saturated heterocycles. The fraction of sp³-hybridized carbons (Fsp3) is 0.769. The summed E-state index contributed by atoms with van der Waals surface area (Å²) < 4.78 is 0. The molecule has 1 unspecified atom stereocenters. The van der Waals surface area contributed by atoms with Gasteiger partial charge in [-0.2, -0.15) is 0 Å². The quantitative estimate of drug-likeness (QED) is 0.653. The Bertz CT molecular complexity index is 399. The van der Waals surface area contributed by atoms with Crippen LogP contribution < -0.4 is 10.6 Å². The van der Waals surface area contributed by atoms with Gasteiger partial charge in [0.05, 0.1) is 19.0 Å². The van der Waals surface area contributed by atoms with Gasteiger partial charge in [0, 0.05) is 33.2 Å². The van der Waals surface area contributed by atoms with Crippen LogP contribution in [0.15, 0.2) is 0 Å². The molecule has 0 saturated carbocycles. The summed E-state index contributed by atoms with van der Waals surface area (Å²) in [5, 5.41) is 5.61. The molecule has 7 heteroatoms. The highest BCUT2D eigenvalue weighted by atomic mass is 16.2. The number of hydrogen-bond acceptors (Lipinski definition) is 4. The number of nitrogens with one attached hydrogen (secondary N) is 2. The first-order valence-corrected chi connectivity index (χ1v) is 7.09. The summed E-state index contributed by atoms with van der Waals surface area (Å²) in [4.78, 5) is 38.9. The summed E-state index contributed by atoms with van der Waals surface area (Å²) in [7, 11) is 1.61. The highest BCUT2D eigenvalue weighted by molar-refractivity contribution is 5.87. The van der Waals surface area contributed by atoms with Crippen LogP contribution in [0.2, 0.25) is 0 Å². The van der Waals surface area contributed by atoms with E-state index in [0.717, 1.165) is 19.4 Å². The van der Waals surface area contributed by atoms with Crippen LogP contribution in [-0.4, -0.2) is 73.8 Å². The maximum absolute atomic E-state index is 12.2. The summed E-state index contributed by atoms with van der Waals surface area (Å²) >= 11 is 0. The van der Waals surface area contributed by atoms with Crippen molar-refractivity contribution in [1.82, 2.24) is 20.4 Å². The van der Waals surface area contributed by atoms with Gasteiger partial charge in [-0.3, -0.25) is 14.4 Å². The predicted molar refractivity (Wildman–Crippen MR) is 72.8 cm³/mol. The minimum atomic E-state index is -0.128. The highest BCUT2D eigenvalue weighted by Gasteiger charge is 2.29. The molecule has 1 atom stereocenters. The van der Waals surface area contributed by atoms with E-state index < -0.39 is 0 Å². The second-order valence-corrected chi connectivity index (χ2v) is 5.29. The third-order valence-corrected chi connectivity index (χ3v) is 3.90. The molecule has 2 aliphatic rings. The number of piperazine rings is 1. The fourth-order valence-electron chi connectivity index (χ4n) is 2.70. The van der Waals surface area contributed by atoms with Crippen molar-refractivity contribution >= 4 is 17.7 Å². The largest absolute Gasteiger partial charge is 0.359 e. The molecule has 0 aromatic heterocycles. The van der Waals surface area contributed by atoms with Crippen molar-refractivity contribution in [2.75, 3.05) is 46.3 Å². The molecule has 0 radical (unpaired) electrons. The lowest BCUT2D eigenvalue weighted by atomic mass is 9.97. The third-order valence-electron chi connectivity index (χ3n) is 3.90. The molecule has 7 nitrogen and oxygen atoms in total. The molecule has 2 rings (SSSR count). The first kappa shape index (κ1) is 14.8. The third kappa shape index (κ3) is 3.47. The second kappa shape index (κ2) is 6.69. The van der Waals surface area contributed by atoms with Crippen molar-refractivity contribution in [3.8, 4) is 0 Å². The number of piperidine rings is 1. The molecule has 2 N–H and O–H groups in total. The molecule has 2 aliphatic heterocycles. The molecule has 0 aromatic rings. The van der Waals surface area contributed by atoms with E-state index >= 15 is 0 Å². The molecular formula is C13H22N4O3. The molecule has 2 heterocycles. The summed E-state index contributed by atoms with van der Waals surface area (Å²) in [5.41, 5.74) is 0. The van der Waals surface area contributed by atoms with Gasteiger partial charge < -0.3 is 20.4 Å². The Morgan fingerprint density at radius 1 is 1.40 bits per heavy atom. The Morgan fingerprint density at radius 2 is 2.20 bits per heavy atom. The van der Waals surface area contributed by atoms with Crippen LogP contribution in [0.3, 0.4) is 0 Å². The van der Waals surface area contributed by atoms with Crippen molar-refractivity contribution < 1.29 is 14.4 Å². The van der Waals surface area contributed by atoms with Crippen LogP contribution in [0.1, 0.15) is 12.8 Å². The molecule has 112 valence electrons. The first-order chi connectivity index (χ1) is 9.61. The van der Waals surface area contributed by atoms with Crippen LogP contribution >= 0.6 is 0 Å².